The molecule has 0 amide bonds. The van der Waals surface area contributed by atoms with Crippen LogP contribution in [0, 0.1) is 5.92 Å². The minimum absolute atomic E-state index is 0.613. The van der Waals surface area contributed by atoms with Crippen LogP contribution in [0.5, 0.6) is 5.06 Å². The van der Waals surface area contributed by atoms with E-state index in [1.807, 2.05) is 6.07 Å². The van der Waals surface area contributed by atoms with Crippen molar-refractivity contribution >= 4 is 11.3 Å². The fourth-order valence-corrected chi connectivity index (χ4v) is 2.03. The van der Waals surface area contributed by atoms with Gasteiger partial charge in [-0.05, 0) is 18.1 Å². The molecule has 1 heterocycles. The molecule has 0 atom stereocenters. The Labute approximate surface area is 102 Å². The first-order valence-corrected chi connectivity index (χ1v) is 6.45. The van der Waals surface area contributed by atoms with Crippen LogP contribution >= 0.6 is 11.3 Å². The van der Waals surface area contributed by atoms with Crippen LogP contribution in [0.25, 0.3) is 0 Å². The van der Waals surface area contributed by atoms with Gasteiger partial charge in [0.1, 0.15) is 0 Å². The van der Waals surface area contributed by atoms with Crippen LogP contribution in [0.15, 0.2) is 12.1 Å². The molecule has 0 saturated heterocycles. The second-order valence-electron chi connectivity index (χ2n) is 4.07. The van der Waals surface area contributed by atoms with Gasteiger partial charge in [0.2, 0.25) is 0 Å². The molecule has 0 bridgehead atoms. The van der Waals surface area contributed by atoms with Crippen molar-refractivity contribution in [2.24, 2.45) is 5.92 Å². The molecule has 1 aromatic heterocycles. The maximum atomic E-state index is 5.48. The molecule has 4 heteroatoms. The van der Waals surface area contributed by atoms with Crippen LogP contribution in [0.4, 0.5) is 0 Å². The van der Waals surface area contributed by atoms with Crippen molar-refractivity contribution < 1.29 is 9.47 Å². The summed E-state index contributed by atoms with van der Waals surface area (Å²) in [6.45, 7) is 7.72. The lowest BCUT2D eigenvalue weighted by atomic mass is 10.2. The zero-order valence-electron chi connectivity index (χ0n) is 10.3. The molecule has 0 aliphatic rings. The lowest BCUT2D eigenvalue weighted by molar-refractivity contribution is 0.111. The Morgan fingerprint density at radius 3 is 2.81 bits per heavy atom. The maximum absolute atomic E-state index is 5.48. The summed E-state index contributed by atoms with van der Waals surface area (Å²) in [7, 11) is 1.70. The Kier molecular flexibility index (Phi) is 6.45. The van der Waals surface area contributed by atoms with Crippen molar-refractivity contribution in [2.75, 3.05) is 26.9 Å². The lowest BCUT2D eigenvalue weighted by Gasteiger charge is -2.07. The van der Waals surface area contributed by atoms with Gasteiger partial charge < -0.3 is 14.8 Å². The third-order valence-corrected chi connectivity index (χ3v) is 3.06. The van der Waals surface area contributed by atoms with E-state index in [1.54, 1.807) is 18.4 Å². The topological polar surface area (TPSA) is 30.5 Å². The van der Waals surface area contributed by atoms with Crippen molar-refractivity contribution in [2.45, 2.75) is 20.4 Å². The van der Waals surface area contributed by atoms with E-state index in [9.17, 15) is 0 Å². The van der Waals surface area contributed by atoms with Crippen LogP contribution in [0.1, 0.15) is 18.7 Å². The molecule has 0 saturated carbocycles. The van der Waals surface area contributed by atoms with E-state index in [-0.39, 0.29) is 0 Å². The third kappa shape index (κ3) is 5.49. The summed E-state index contributed by atoms with van der Waals surface area (Å²) in [4.78, 5) is 1.29. The van der Waals surface area contributed by atoms with Gasteiger partial charge in [0.25, 0.3) is 0 Å². The number of hydrogen-bond donors (Lipinski definition) is 1. The first-order valence-electron chi connectivity index (χ1n) is 5.63. The lowest BCUT2D eigenvalue weighted by Crippen LogP contribution is -2.19. The van der Waals surface area contributed by atoms with Gasteiger partial charge in [-0.2, -0.15) is 0 Å². The van der Waals surface area contributed by atoms with E-state index >= 15 is 0 Å². The number of thiophene rings is 1. The average molecular weight is 243 g/mol. The van der Waals surface area contributed by atoms with E-state index in [4.69, 9.17) is 9.47 Å². The average Bonchev–Trinajstić information content (AvgIpc) is 2.70. The van der Waals surface area contributed by atoms with Gasteiger partial charge in [0.15, 0.2) is 5.06 Å². The molecular formula is C12H21NO2S. The van der Waals surface area contributed by atoms with Crippen LogP contribution in [0.2, 0.25) is 0 Å². The molecule has 0 aliphatic heterocycles. The van der Waals surface area contributed by atoms with Gasteiger partial charge in [-0.1, -0.05) is 13.8 Å². The third-order valence-electron chi connectivity index (χ3n) is 2.01. The summed E-state index contributed by atoms with van der Waals surface area (Å²) < 4.78 is 10.6. The van der Waals surface area contributed by atoms with E-state index in [2.05, 4.69) is 25.2 Å². The molecule has 1 rings (SSSR count). The number of ether oxygens (including phenoxy) is 2. The number of rotatable bonds is 8. The second-order valence-corrected chi connectivity index (χ2v) is 5.20. The molecule has 0 aromatic carbocycles. The predicted molar refractivity (Wildman–Crippen MR) is 68.2 cm³/mol. The molecule has 0 unspecified atom stereocenters. The Bertz CT molecular complexity index is 286. The van der Waals surface area contributed by atoms with Crippen LogP contribution in [-0.4, -0.2) is 26.9 Å². The smallest absolute Gasteiger partial charge is 0.173 e. The van der Waals surface area contributed by atoms with Gasteiger partial charge in [0, 0.05) is 24.6 Å². The summed E-state index contributed by atoms with van der Waals surface area (Å²) in [5.74, 6) is 0.613. The fourth-order valence-electron chi connectivity index (χ4n) is 1.24. The number of hydrogen-bond acceptors (Lipinski definition) is 4. The highest BCUT2D eigenvalue weighted by Gasteiger charge is 1.99. The number of nitrogens with one attached hydrogen (secondary N) is 1. The SMILES string of the molecule is COc1ccc(CNCCOCC(C)C)s1. The monoisotopic (exact) mass is 243 g/mol. The molecule has 0 aliphatic carbocycles. The predicted octanol–water partition coefficient (Wildman–Crippen LogP) is 2.52. The van der Waals surface area contributed by atoms with Crippen molar-refractivity contribution in [3.05, 3.63) is 17.0 Å². The largest absolute Gasteiger partial charge is 0.487 e. The fraction of sp³-hybridized carbons (Fsp3) is 0.667. The molecule has 0 radical (unpaired) electrons. The van der Waals surface area contributed by atoms with Crippen molar-refractivity contribution in [1.82, 2.24) is 5.32 Å². The van der Waals surface area contributed by atoms with Crippen molar-refractivity contribution in [3.63, 3.8) is 0 Å². The molecule has 0 spiro atoms. The molecule has 92 valence electrons. The minimum Gasteiger partial charge on any atom is -0.487 e. The van der Waals surface area contributed by atoms with Crippen LogP contribution < -0.4 is 10.1 Å². The quantitative estimate of drug-likeness (QED) is 0.712. The Hall–Kier alpha value is -0.580. The maximum Gasteiger partial charge on any atom is 0.173 e. The Morgan fingerprint density at radius 1 is 1.38 bits per heavy atom. The van der Waals surface area contributed by atoms with Gasteiger partial charge in [-0.25, -0.2) is 0 Å². The standard InChI is InChI=1S/C12H21NO2S/c1-10(2)9-15-7-6-13-8-11-4-5-12(14-3)16-11/h4-5,10,13H,6-9H2,1-3H3. The summed E-state index contributed by atoms with van der Waals surface area (Å²) in [5, 5.41) is 4.31. The first-order chi connectivity index (χ1) is 7.72. The van der Waals surface area contributed by atoms with Crippen LogP contribution in [0.3, 0.4) is 0 Å². The summed E-state index contributed by atoms with van der Waals surface area (Å²) >= 11 is 1.68. The summed E-state index contributed by atoms with van der Waals surface area (Å²) in [6, 6.07) is 4.09. The highest BCUT2D eigenvalue weighted by atomic mass is 32.1. The molecule has 1 N–H and O–H groups in total. The zero-order valence-corrected chi connectivity index (χ0v) is 11.1. The van der Waals surface area contributed by atoms with Gasteiger partial charge in [-0.3, -0.25) is 0 Å². The van der Waals surface area contributed by atoms with Crippen LogP contribution in [-0.2, 0) is 11.3 Å². The van der Waals surface area contributed by atoms with E-state index in [0.717, 1.165) is 31.4 Å². The normalized spacial score (nSPS) is 11.0. The highest BCUT2D eigenvalue weighted by Crippen LogP contribution is 2.23. The minimum atomic E-state index is 0.613. The van der Waals surface area contributed by atoms with Crippen molar-refractivity contribution in [1.29, 1.82) is 0 Å². The van der Waals surface area contributed by atoms with Crippen molar-refractivity contribution in [3.8, 4) is 5.06 Å². The molecule has 1 aromatic rings. The van der Waals surface area contributed by atoms with Gasteiger partial charge in [-0.15, -0.1) is 11.3 Å². The van der Waals surface area contributed by atoms with Gasteiger partial charge in [0.05, 0.1) is 13.7 Å². The molecule has 3 nitrogen and oxygen atoms in total. The first kappa shape index (κ1) is 13.5. The summed E-state index contributed by atoms with van der Waals surface area (Å²) in [6.07, 6.45) is 0. The van der Waals surface area contributed by atoms with E-state index < -0.39 is 0 Å². The van der Waals surface area contributed by atoms with E-state index in [0.29, 0.717) is 5.92 Å². The van der Waals surface area contributed by atoms with E-state index in [1.165, 1.54) is 4.88 Å². The van der Waals surface area contributed by atoms with Gasteiger partial charge >= 0.3 is 0 Å². The molecule has 16 heavy (non-hydrogen) atoms. The highest BCUT2D eigenvalue weighted by molar-refractivity contribution is 7.13. The Balaban J connectivity index is 2.02. The Morgan fingerprint density at radius 2 is 2.19 bits per heavy atom. The summed E-state index contributed by atoms with van der Waals surface area (Å²) in [5.41, 5.74) is 0. The second kappa shape index (κ2) is 7.65. The zero-order chi connectivity index (χ0) is 11.8. The molecule has 0 fully saturated rings. The molecular weight excluding hydrogens is 222 g/mol. The number of methoxy groups -OCH3 is 1.